The van der Waals surface area contributed by atoms with Crippen LogP contribution in [0.25, 0.3) is 0 Å². The number of hydrogen-bond acceptors (Lipinski definition) is 2. The average Bonchev–Trinajstić information content (AvgIpc) is 2.29. The largest absolute Gasteiger partial charge is 0.476 e. The summed E-state index contributed by atoms with van der Waals surface area (Å²) in [6.07, 6.45) is 3.58. The summed E-state index contributed by atoms with van der Waals surface area (Å²) in [4.78, 5) is 10.8. The number of aryl methyl sites for hydroxylation is 1. The van der Waals surface area contributed by atoms with Crippen LogP contribution in [0.3, 0.4) is 0 Å². The molecule has 4 heteroatoms. The summed E-state index contributed by atoms with van der Waals surface area (Å²) < 4.78 is 1.72. The minimum atomic E-state index is -0.927. The Morgan fingerprint density at radius 2 is 2.21 bits per heavy atom. The Labute approximate surface area is 82.5 Å². The molecule has 0 saturated heterocycles. The van der Waals surface area contributed by atoms with Crippen LogP contribution in [0.5, 0.6) is 0 Å². The van der Waals surface area contributed by atoms with E-state index in [-0.39, 0.29) is 5.69 Å². The van der Waals surface area contributed by atoms with Gasteiger partial charge in [0.2, 0.25) is 0 Å². The minimum Gasteiger partial charge on any atom is -0.476 e. The van der Waals surface area contributed by atoms with Crippen LogP contribution >= 0.6 is 0 Å². The Balaban J connectivity index is 2.43. The molecule has 1 aliphatic rings. The van der Waals surface area contributed by atoms with Crippen LogP contribution in [0.15, 0.2) is 0 Å². The molecule has 0 atom stereocenters. The molecule has 0 bridgehead atoms. The maximum absolute atomic E-state index is 10.8. The van der Waals surface area contributed by atoms with Gasteiger partial charge in [0.05, 0.1) is 0 Å². The number of carboxylic acids is 1. The van der Waals surface area contributed by atoms with Crippen molar-refractivity contribution in [1.29, 1.82) is 0 Å². The Morgan fingerprint density at radius 1 is 1.57 bits per heavy atom. The monoisotopic (exact) mass is 194 g/mol. The van der Waals surface area contributed by atoms with E-state index in [1.54, 1.807) is 4.68 Å². The molecule has 1 heterocycles. The van der Waals surface area contributed by atoms with Gasteiger partial charge in [-0.2, -0.15) is 5.10 Å². The Morgan fingerprint density at radius 3 is 2.57 bits per heavy atom. The fraction of sp³-hybridized carbons (Fsp3) is 0.600. The smallest absolute Gasteiger partial charge is 0.356 e. The van der Waals surface area contributed by atoms with Gasteiger partial charge in [-0.25, -0.2) is 4.79 Å². The Hall–Kier alpha value is -1.32. The normalized spacial score (nSPS) is 16.7. The number of rotatable bonds is 2. The Bertz CT molecular complexity index is 378. The molecule has 1 aliphatic carbocycles. The lowest BCUT2D eigenvalue weighted by Gasteiger charge is -2.26. The lowest BCUT2D eigenvalue weighted by Crippen LogP contribution is -2.14. The van der Waals surface area contributed by atoms with Crippen LogP contribution in [0.4, 0.5) is 0 Å². The highest BCUT2D eigenvalue weighted by Gasteiger charge is 2.27. The Kier molecular flexibility index (Phi) is 2.06. The molecular weight excluding hydrogens is 180 g/mol. The molecule has 0 aliphatic heterocycles. The third kappa shape index (κ3) is 1.22. The molecule has 1 aromatic heterocycles. The summed E-state index contributed by atoms with van der Waals surface area (Å²) in [5, 5.41) is 12.9. The van der Waals surface area contributed by atoms with Gasteiger partial charge in [-0.1, -0.05) is 6.42 Å². The number of carbonyl (C=O) groups is 1. The van der Waals surface area contributed by atoms with Crippen molar-refractivity contribution in [2.45, 2.75) is 32.1 Å². The molecule has 1 aromatic rings. The zero-order chi connectivity index (χ0) is 10.3. The molecule has 76 valence electrons. The first kappa shape index (κ1) is 9.24. The van der Waals surface area contributed by atoms with Crippen LogP contribution in [0.2, 0.25) is 0 Å². The van der Waals surface area contributed by atoms with Crippen molar-refractivity contribution in [2.75, 3.05) is 0 Å². The van der Waals surface area contributed by atoms with E-state index in [1.807, 2.05) is 14.0 Å². The van der Waals surface area contributed by atoms with Gasteiger partial charge >= 0.3 is 5.97 Å². The number of carboxylic acid groups (broad SMARTS) is 1. The molecule has 0 amide bonds. The first-order valence-corrected chi connectivity index (χ1v) is 4.88. The van der Waals surface area contributed by atoms with Crippen LogP contribution in [-0.4, -0.2) is 20.9 Å². The predicted molar refractivity (Wildman–Crippen MR) is 51.5 cm³/mol. The maximum atomic E-state index is 10.8. The molecule has 0 radical (unpaired) electrons. The lowest BCUT2D eigenvalue weighted by atomic mass is 9.81. The SMILES string of the molecule is Cc1c(C(=O)O)nn(C)c1C1CCC1. The molecule has 0 aromatic carbocycles. The first-order valence-electron chi connectivity index (χ1n) is 4.88. The first-order chi connectivity index (χ1) is 6.61. The molecule has 14 heavy (non-hydrogen) atoms. The second-order valence-corrected chi connectivity index (χ2v) is 3.92. The highest BCUT2D eigenvalue weighted by Crippen LogP contribution is 2.38. The zero-order valence-corrected chi connectivity index (χ0v) is 8.45. The van der Waals surface area contributed by atoms with Crippen LogP contribution in [-0.2, 0) is 7.05 Å². The fourth-order valence-electron chi connectivity index (χ4n) is 2.10. The van der Waals surface area contributed by atoms with Gasteiger partial charge in [-0.3, -0.25) is 4.68 Å². The van der Waals surface area contributed by atoms with Crippen LogP contribution in [0, 0.1) is 6.92 Å². The quantitative estimate of drug-likeness (QED) is 0.779. The van der Waals surface area contributed by atoms with Crippen molar-refractivity contribution >= 4 is 5.97 Å². The summed E-state index contributed by atoms with van der Waals surface area (Å²) in [6, 6.07) is 0. The van der Waals surface area contributed by atoms with Crippen molar-refractivity contribution in [2.24, 2.45) is 7.05 Å². The average molecular weight is 194 g/mol. The van der Waals surface area contributed by atoms with E-state index >= 15 is 0 Å². The van der Waals surface area contributed by atoms with Gasteiger partial charge in [0.15, 0.2) is 5.69 Å². The van der Waals surface area contributed by atoms with Crippen LogP contribution in [0.1, 0.15) is 46.9 Å². The van der Waals surface area contributed by atoms with E-state index in [0.717, 1.165) is 11.3 Å². The highest BCUT2D eigenvalue weighted by atomic mass is 16.4. The number of nitrogens with zero attached hydrogens (tertiary/aromatic N) is 2. The molecular formula is C10H14N2O2. The van der Waals surface area contributed by atoms with Crippen molar-refractivity contribution < 1.29 is 9.90 Å². The third-order valence-corrected chi connectivity index (χ3v) is 3.03. The van der Waals surface area contributed by atoms with Crippen molar-refractivity contribution in [3.05, 3.63) is 17.0 Å². The number of aromatic nitrogens is 2. The van der Waals surface area contributed by atoms with E-state index in [2.05, 4.69) is 5.10 Å². The standard InChI is InChI=1S/C10H14N2O2/c1-6-8(10(13)14)11-12(2)9(6)7-4-3-5-7/h7H,3-5H2,1-2H3,(H,13,14). The van der Waals surface area contributed by atoms with Gasteiger partial charge in [-0.05, 0) is 19.8 Å². The summed E-state index contributed by atoms with van der Waals surface area (Å²) in [7, 11) is 1.83. The second-order valence-electron chi connectivity index (χ2n) is 3.92. The predicted octanol–water partition coefficient (Wildman–Crippen LogP) is 1.69. The van der Waals surface area contributed by atoms with Crippen molar-refractivity contribution in [3.63, 3.8) is 0 Å². The van der Waals surface area contributed by atoms with Gasteiger partial charge in [0.25, 0.3) is 0 Å². The summed E-state index contributed by atoms with van der Waals surface area (Å²) in [5.41, 5.74) is 2.15. The second kappa shape index (κ2) is 3.12. The molecule has 1 N–H and O–H groups in total. The third-order valence-electron chi connectivity index (χ3n) is 3.03. The molecule has 4 nitrogen and oxygen atoms in total. The van der Waals surface area contributed by atoms with Gasteiger partial charge < -0.3 is 5.11 Å². The molecule has 1 saturated carbocycles. The van der Waals surface area contributed by atoms with Crippen molar-refractivity contribution in [3.8, 4) is 0 Å². The number of aromatic carboxylic acids is 1. The molecule has 2 rings (SSSR count). The van der Waals surface area contributed by atoms with E-state index in [4.69, 9.17) is 5.11 Å². The van der Waals surface area contributed by atoms with Gasteiger partial charge in [0, 0.05) is 24.2 Å². The van der Waals surface area contributed by atoms with E-state index in [1.165, 1.54) is 19.3 Å². The summed E-state index contributed by atoms with van der Waals surface area (Å²) >= 11 is 0. The summed E-state index contributed by atoms with van der Waals surface area (Å²) in [5.74, 6) is -0.399. The van der Waals surface area contributed by atoms with Gasteiger partial charge in [-0.15, -0.1) is 0 Å². The van der Waals surface area contributed by atoms with Gasteiger partial charge in [0.1, 0.15) is 0 Å². The molecule has 0 spiro atoms. The van der Waals surface area contributed by atoms with E-state index in [9.17, 15) is 4.79 Å². The lowest BCUT2D eigenvalue weighted by molar-refractivity contribution is 0.0689. The molecule has 1 fully saturated rings. The fourth-order valence-corrected chi connectivity index (χ4v) is 2.10. The summed E-state index contributed by atoms with van der Waals surface area (Å²) in [6.45, 7) is 1.85. The van der Waals surface area contributed by atoms with Crippen molar-refractivity contribution in [1.82, 2.24) is 9.78 Å². The van der Waals surface area contributed by atoms with Crippen LogP contribution < -0.4 is 0 Å². The number of hydrogen-bond donors (Lipinski definition) is 1. The minimum absolute atomic E-state index is 0.203. The highest BCUT2D eigenvalue weighted by molar-refractivity contribution is 5.87. The zero-order valence-electron chi connectivity index (χ0n) is 8.45. The van der Waals surface area contributed by atoms with E-state index in [0.29, 0.717) is 5.92 Å². The molecule has 0 unspecified atom stereocenters. The van der Waals surface area contributed by atoms with E-state index < -0.39 is 5.97 Å². The topological polar surface area (TPSA) is 55.1 Å². The maximum Gasteiger partial charge on any atom is 0.356 e.